The van der Waals surface area contributed by atoms with E-state index in [-0.39, 0.29) is 5.95 Å². The largest absolute Gasteiger partial charge is 0.497 e. The molecule has 0 aliphatic carbocycles. The molecule has 9 nitrogen and oxygen atoms in total. The van der Waals surface area contributed by atoms with E-state index in [2.05, 4.69) is 15.4 Å². The maximum Gasteiger partial charge on any atom is 0.262 e. The summed E-state index contributed by atoms with van der Waals surface area (Å²) in [7, 11) is 1.60. The molecule has 0 bridgehead atoms. The lowest BCUT2D eigenvalue weighted by Gasteiger charge is -2.20. The molecule has 1 atom stereocenters. The predicted molar refractivity (Wildman–Crippen MR) is 118 cm³/mol. The highest BCUT2D eigenvalue weighted by Crippen LogP contribution is 2.28. The number of carbonyl (C=O) groups is 3. The smallest absolute Gasteiger partial charge is 0.262 e. The van der Waals surface area contributed by atoms with Gasteiger partial charge in [0.15, 0.2) is 0 Å². The Kier molecular flexibility index (Phi) is 4.71. The number of amides is 3. The van der Waals surface area contributed by atoms with Gasteiger partial charge >= 0.3 is 0 Å². The van der Waals surface area contributed by atoms with E-state index in [1.165, 1.54) is 18.3 Å². The van der Waals surface area contributed by atoms with Crippen LogP contribution in [-0.4, -0.2) is 50.4 Å². The molecule has 3 heterocycles. The van der Waals surface area contributed by atoms with E-state index in [0.717, 1.165) is 21.9 Å². The quantitative estimate of drug-likeness (QED) is 0.471. The van der Waals surface area contributed by atoms with Crippen molar-refractivity contribution in [1.29, 1.82) is 0 Å². The first-order chi connectivity index (χ1) is 15.5. The lowest BCUT2D eigenvalue weighted by Crippen LogP contribution is -2.45. The monoisotopic (exact) mass is 447 g/mol. The van der Waals surface area contributed by atoms with Crippen molar-refractivity contribution >= 4 is 40.0 Å². The molecular weight excluding hydrogens is 430 g/mol. The van der Waals surface area contributed by atoms with Gasteiger partial charge in [-0.1, -0.05) is 12.1 Å². The van der Waals surface area contributed by atoms with Gasteiger partial charge in [0.05, 0.1) is 23.9 Å². The van der Waals surface area contributed by atoms with Gasteiger partial charge in [-0.25, -0.2) is 4.52 Å². The number of nitrogens with zero attached hydrogens (tertiary/aromatic N) is 4. The van der Waals surface area contributed by atoms with Crippen LogP contribution in [0.15, 0.2) is 53.9 Å². The van der Waals surface area contributed by atoms with E-state index in [1.54, 1.807) is 35.9 Å². The highest BCUT2D eigenvalue weighted by atomic mass is 32.1. The van der Waals surface area contributed by atoms with Gasteiger partial charge in [-0.2, -0.15) is 4.98 Å². The number of aromatic nitrogens is 3. The minimum atomic E-state index is -1.02. The molecule has 0 saturated heterocycles. The van der Waals surface area contributed by atoms with Crippen LogP contribution in [0.3, 0.4) is 0 Å². The Balaban J connectivity index is 1.37. The fourth-order valence-corrected chi connectivity index (χ4v) is 4.42. The number of methoxy groups -OCH3 is 1. The Morgan fingerprint density at radius 2 is 1.72 bits per heavy atom. The van der Waals surface area contributed by atoms with Crippen molar-refractivity contribution in [1.82, 2.24) is 19.5 Å². The molecule has 0 fully saturated rings. The number of imide groups is 1. The van der Waals surface area contributed by atoms with Crippen molar-refractivity contribution in [2.75, 3.05) is 12.4 Å². The van der Waals surface area contributed by atoms with Crippen molar-refractivity contribution in [3.05, 3.63) is 65.0 Å². The van der Waals surface area contributed by atoms with Gasteiger partial charge in [-0.05, 0) is 43.3 Å². The number of nitrogens with one attached hydrogen (secondary N) is 1. The minimum Gasteiger partial charge on any atom is -0.497 e. The Hall–Kier alpha value is -4.05. The number of benzene rings is 2. The highest BCUT2D eigenvalue weighted by Gasteiger charge is 2.40. The van der Waals surface area contributed by atoms with Crippen LogP contribution in [0.4, 0.5) is 5.95 Å². The fraction of sp³-hybridized carbons (Fsp3) is 0.136. The molecule has 3 amide bonds. The molecule has 2 aromatic heterocycles. The summed E-state index contributed by atoms with van der Waals surface area (Å²) in [4.78, 5) is 44.0. The molecular formula is C22H17N5O4S. The lowest BCUT2D eigenvalue weighted by atomic mass is 10.1. The molecule has 160 valence electrons. The molecule has 1 unspecified atom stereocenters. The van der Waals surface area contributed by atoms with Crippen molar-refractivity contribution in [3.8, 4) is 17.0 Å². The first kappa shape index (κ1) is 19.9. The summed E-state index contributed by atoms with van der Waals surface area (Å²) in [6.45, 7) is 1.50. The van der Waals surface area contributed by atoms with Crippen LogP contribution in [0, 0.1) is 0 Å². The van der Waals surface area contributed by atoms with Crippen LogP contribution in [-0.2, 0) is 4.79 Å². The summed E-state index contributed by atoms with van der Waals surface area (Å²) in [5, 5.41) is 8.92. The van der Waals surface area contributed by atoms with Crippen molar-refractivity contribution in [3.63, 3.8) is 0 Å². The minimum absolute atomic E-state index is 0.0973. The molecule has 5 rings (SSSR count). The number of hydrogen-bond acceptors (Lipinski definition) is 7. The number of fused-ring (bicyclic) bond motifs is 2. The first-order valence-electron chi connectivity index (χ1n) is 9.74. The molecule has 0 spiro atoms. The zero-order valence-electron chi connectivity index (χ0n) is 17.1. The van der Waals surface area contributed by atoms with Gasteiger partial charge in [0, 0.05) is 10.9 Å². The molecule has 4 aromatic rings. The number of rotatable bonds is 5. The van der Waals surface area contributed by atoms with Crippen molar-refractivity contribution in [2.24, 2.45) is 0 Å². The second kappa shape index (κ2) is 7.57. The van der Waals surface area contributed by atoms with Gasteiger partial charge in [0.1, 0.15) is 11.8 Å². The van der Waals surface area contributed by atoms with Gasteiger partial charge in [-0.15, -0.1) is 16.4 Å². The van der Waals surface area contributed by atoms with Crippen LogP contribution in [0.5, 0.6) is 5.75 Å². The zero-order valence-corrected chi connectivity index (χ0v) is 17.9. The molecule has 10 heteroatoms. The second-order valence-corrected chi connectivity index (χ2v) is 8.01. The van der Waals surface area contributed by atoms with Crippen LogP contribution in [0.2, 0.25) is 0 Å². The van der Waals surface area contributed by atoms with Crippen LogP contribution < -0.4 is 10.1 Å². The summed E-state index contributed by atoms with van der Waals surface area (Å²) >= 11 is 1.38. The Morgan fingerprint density at radius 1 is 1.06 bits per heavy atom. The van der Waals surface area contributed by atoms with E-state index in [9.17, 15) is 14.4 Å². The summed E-state index contributed by atoms with van der Waals surface area (Å²) in [5.74, 6) is -0.694. The van der Waals surface area contributed by atoms with Gasteiger partial charge < -0.3 is 4.74 Å². The van der Waals surface area contributed by atoms with E-state index in [0.29, 0.717) is 16.1 Å². The molecule has 1 aliphatic rings. The predicted octanol–water partition coefficient (Wildman–Crippen LogP) is 3.09. The van der Waals surface area contributed by atoms with E-state index in [1.807, 2.05) is 29.6 Å². The third kappa shape index (κ3) is 3.12. The Labute approximate surface area is 186 Å². The van der Waals surface area contributed by atoms with Crippen LogP contribution >= 0.6 is 11.3 Å². The maximum atomic E-state index is 12.8. The van der Waals surface area contributed by atoms with Gasteiger partial charge in [0.2, 0.25) is 10.9 Å². The summed E-state index contributed by atoms with van der Waals surface area (Å²) < 4.78 is 6.82. The second-order valence-electron chi connectivity index (χ2n) is 7.17. The molecule has 0 radical (unpaired) electrons. The Morgan fingerprint density at radius 3 is 2.34 bits per heavy atom. The standard InChI is InChI=1S/C22H17N5O4S/c1-12(26-19(29)15-5-3-4-6-16(15)20(26)30)18(28)23-21-24-22-27(25-21)17(11-32-22)13-7-9-14(31-2)10-8-13/h3-12H,1-2H3,(H,23,25,28). The summed E-state index contributed by atoms with van der Waals surface area (Å²) in [6.07, 6.45) is 0. The van der Waals surface area contributed by atoms with Crippen LogP contribution in [0.1, 0.15) is 27.6 Å². The third-order valence-corrected chi connectivity index (χ3v) is 6.11. The number of anilines is 1. The number of ether oxygens (including phenoxy) is 1. The lowest BCUT2D eigenvalue weighted by molar-refractivity contribution is -0.119. The highest BCUT2D eigenvalue weighted by molar-refractivity contribution is 7.15. The van der Waals surface area contributed by atoms with Crippen LogP contribution in [0.25, 0.3) is 16.2 Å². The van der Waals surface area contributed by atoms with Gasteiger partial charge in [-0.3, -0.25) is 24.6 Å². The molecule has 0 saturated carbocycles. The van der Waals surface area contributed by atoms with Gasteiger partial charge in [0.25, 0.3) is 17.8 Å². The fourth-order valence-electron chi connectivity index (χ4n) is 3.59. The zero-order chi connectivity index (χ0) is 22.4. The average Bonchev–Trinajstić information content (AvgIpc) is 3.45. The topological polar surface area (TPSA) is 106 Å². The van der Waals surface area contributed by atoms with Crippen molar-refractivity contribution < 1.29 is 19.1 Å². The average molecular weight is 447 g/mol. The summed E-state index contributed by atoms with van der Waals surface area (Å²) in [5.41, 5.74) is 2.32. The number of carbonyl (C=O) groups excluding carboxylic acids is 3. The Bertz CT molecular complexity index is 1340. The molecule has 1 aliphatic heterocycles. The third-order valence-electron chi connectivity index (χ3n) is 5.29. The summed E-state index contributed by atoms with van der Waals surface area (Å²) in [6, 6.07) is 13.0. The first-order valence-corrected chi connectivity index (χ1v) is 10.6. The van der Waals surface area contributed by atoms with E-state index in [4.69, 9.17) is 4.74 Å². The molecule has 1 N–H and O–H groups in total. The van der Waals surface area contributed by atoms with E-state index < -0.39 is 23.8 Å². The SMILES string of the molecule is COc1ccc(-c2csc3nc(NC(=O)C(C)N4C(=O)c5ccccc5C4=O)nn23)cc1. The normalized spacial score (nSPS) is 14.0. The van der Waals surface area contributed by atoms with Crippen molar-refractivity contribution in [2.45, 2.75) is 13.0 Å². The number of hydrogen-bond donors (Lipinski definition) is 1. The van der Waals surface area contributed by atoms with E-state index >= 15 is 0 Å². The molecule has 2 aromatic carbocycles. The molecule has 32 heavy (non-hydrogen) atoms. The maximum absolute atomic E-state index is 12.8. The number of thiazole rings is 1.